The lowest BCUT2D eigenvalue weighted by Gasteiger charge is -2.14. The Bertz CT molecular complexity index is 362. The van der Waals surface area contributed by atoms with Gasteiger partial charge < -0.3 is 10.1 Å². The van der Waals surface area contributed by atoms with E-state index in [-0.39, 0.29) is 0 Å². The summed E-state index contributed by atoms with van der Waals surface area (Å²) >= 11 is 0. The molecular weight excluding hydrogens is 246 g/mol. The zero-order valence-corrected chi connectivity index (χ0v) is 13.6. The maximum atomic E-state index is 5.61. The van der Waals surface area contributed by atoms with Gasteiger partial charge in [0.2, 0.25) is 0 Å². The Morgan fingerprint density at radius 2 is 1.90 bits per heavy atom. The van der Waals surface area contributed by atoms with Gasteiger partial charge in [-0.3, -0.25) is 0 Å². The Hall–Kier alpha value is -0.860. The van der Waals surface area contributed by atoms with Crippen LogP contribution < -0.4 is 5.32 Å². The normalized spacial score (nSPS) is 12.8. The van der Waals surface area contributed by atoms with Gasteiger partial charge in [0.25, 0.3) is 0 Å². The summed E-state index contributed by atoms with van der Waals surface area (Å²) in [6.45, 7) is 11.5. The minimum atomic E-state index is 0.546. The van der Waals surface area contributed by atoms with Gasteiger partial charge in [0.15, 0.2) is 0 Å². The first-order chi connectivity index (χ1) is 9.58. The van der Waals surface area contributed by atoms with Gasteiger partial charge in [0.1, 0.15) is 0 Å². The van der Waals surface area contributed by atoms with E-state index in [9.17, 15) is 0 Å². The highest BCUT2D eigenvalue weighted by atomic mass is 16.5. The van der Waals surface area contributed by atoms with Crippen molar-refractivity contribution in [2.24, 2.45) is 5.92 Å². The highest BCUT2D eigenvalue weighted by Crippen LogP contribution is 2.08. The number of rotatable bonds is 10. The predicted octanol–water partition coefficient (Wildman–Crippen LogP) is 3.97. The lowest BCUT2D eigenvalue weighted by atomic mass is 10.0. The van der Waals surface area contributed by atoms with Gasteiger partial charge in [0, 0.05) is 19.2 Å². The number of benzene rings is 1. The summed E-state index contributed by atoms with van der Waals surface area (Å²) in [7, 11) is 0. The lowest BCUT2D eigenvalue weighted by molar-refractivity contribution is 0.123. The molecule has 0 saturated heterocycles. The third kappa shape index (κ3) is 8.34. The van der Waals surface area contributed by atoms with Crippen LogP contribution in [0.25, 0.3) is 0 Å². The zero-order valence-electron chi connectivity index (χ0n) is 13.6. The van der Waals surface area contributed by atoms with Crippen LogP contribution in [-0.4, -0.2) is 25.8 Å². The van der Waals surface area contributed by atoms with Crippen LogP contribution in [0.3, 0.4) is 0 Å². The van der Waals surface area contributed by atoms with E-state index in [0.29, 0.717) is 6.04 Å². The number of nitrogens with one attached hydrogen (secondary N) is 1. The van der Waals surface area contributed by atoms with Gasteiger partial charge in [-0.2, -0.15) is 0 Å². The average molecular weight is 277 g/mol. The Balaban J connectivity index is 2.04. The zero-order chi connectivity index (χ0) is 14.8. The molecule has 2 nitrogen and oxygen atoms in total. The van der Waals surface area contributed by atoms with E-state index in [4.69, 9.17) is 4.74 Å². The fourth-order valence-corrected chi connectivity index (χ4v) is 2.15. The van der Waals surface area contributed by atoms with Crippen LogP contribution in [0.15, 0.2) is 24.3 Å². The van der Waals surface area contributed by atoms with Crippen molar-refractivity contribution < 1.29 is 4.74 Å². The van der Waals surface area contributed by atoms with Gasteiger partial charge in [-0.05, 0) is 44.6 Å². The smallest absolute Gasteiger partial charge is 0.0591 e. The van der Waals surface area contributed by atoms with E-state index in [1.165, 1.54) is 17.5 Å². The second-order valence-electron chi connectivity index (χ2n) is 6.18. The molecule has 0 radical (unpaired) electrons. The fourth-order valence-electron chi connectivity index (χ4n) is 2.15. The van der Waals surface area contributed by atoms with Gasteiger partial charge in [-0.15, -0.1) is 0 Å². The lowest BCUT2D eigenvalue weighted by Crippen LogP contribution is -2.30. The fraction of sp³-hybridized carbons (Fsp3) is 0.667. The molecule has 1 unspecified atom stereocenters. The largest absolute Gasteiger partial charge is 0.380 e. The third-order valence-corrected chi connectivity index (χ3v) is 3.53. The highest BCUT2D eigenvalue weighted by molar-refractivity contribution is 5.22. The van der Waals surface area contributed by atoms with Crippen molar-refractivity contribution in [1.82, 2.24) is 5.32 Å². The number of ether oxygens (including phenoxy) is 1. The summed E-state index contributed by atoms with van der Waals surface area (Å²) < 4.78 is 5.61. The van der Waals surface area contributed by atoms with Crippen molar-refractivity contribution in [1.29, 1.82) is 0 Å². The maximum Gasteiger partial charge on any atom is 0.0591 e. The van der Waals surface area contributed by atoms with Crippen LogP contribution in [0, 0.1) is 12.8 Å². The molecule has 0 bridgehead atoms. The summed E-state index contributed by atoms with van der Waals surface area (Å²) in [5.41, 5.74) is 2.79. The summed E-state index contributed by atoms with van der Waals surface area (Å²) in [4.78, 5) is 0. The van der Waals surface area contributed by atoms with Crippen molar-refractivity contribution in [3.8, 4) is 0 Å². The molecule has 0 aromatic heterocycles. The topological polar surface area (TPSA) is 21.3 Å². The number of aryl methyl sites for hydroxylation is 2. The van der Waals surface area contributed by atoms with E-state index in [2.05, 4.69) is 57.3 Å². The first-order valence-corrected chi connectivity index (χ1v) is 7.94. The van der Waals surface area contributed by atoms with Gasteiger partial charge >= 0.3 is 0 Å². The molecule has 1 rings (SSSR count). The molecule has 1 aromatic carbocycles. The van der Waals surface area contributed by atoms with Gasteiger partial charge in [-0.1, -0.05) is 43.7 Å². The Morgan fingerprint density at radius 1 is 1.10 bits per heavy atom. The van der Waals surface area contributed by atoms with Crippen molar-refractivity contribution in [3.05, 3.63) is 35.4 Å². The molecule has 0 spiro atoms. The first-order valence-electron chi connectivity index (χ1n) is 7.94. The molecule has 0 saturated carbocycles. The van der Waals surface area contributed by atoms with Crippen molar-refractivity contribution >= 4 is 0 Å². The molecule has 0 aliphatic carbocycles. The van der Waals surface area contributed by atoms with Gasteiger partial charge in [0.05, 0.1) is 6.61 Å². The Labute approximate surface area is 124 Å². The summed E-state index contributed by atoms with van der Waals surface area (Å²) in [6.07, 6.45) is 3.47. The van der Waals surface area contributed by atoms with E-state index in [1.54, 1.807) is 0 Å². The second kappa shape index (κ2) is 9.95. The van der Waals surface area contributed by atoms with Crippen LogP contribution in [0.1, 0.15) is 44.7 Å². The molecule has 2 heteroatoms. The molecule has 1 aromatic rings. The van der Waals surface area contributed by atoms with Crippen LogP contribution in [-0.2, 0) is 11.2 Å². The Morgan fingerprint density at radius 3 is 2.60 bits per heavy atom. The van der Waals surface area contributed by atoms with E-state index in [1.807, 2.05) is 0 Å². The van der Waals surface area contributed by atoms with E-state index in [0.717, 1.165) is 38.5 Å². The third-order valence-electron chi connectivity index (χ3n) is 3.53. The monoisotopic (exact) mass is 277 g/mol. The quantitative estimate of drug-likeness (QED) is 0.653. The first kappa shape index (κ1) is 17.2. The Kier molecular flexibility index (Phi) is 8.56. The minimum Gasteiger partial charge on any atom is -0.380 e. The van der Waals surface area contributed by atoms with Crippen LogP contribution >= 0.6 is 0 Å². The van der Waals surface area contributed by atoms with Crippen molar-refractivity contribution in [2.45, 2.75) is 53.0 Å². The summed E-state index contributed by atoms with van der Waals surface area (Å²) in [6, 6.07) is 9.34. The molecule has 1 N–H and O–H groups in total. The second-order valence-corrected chi connectivity index (χ2v) is 6.18. The summed E-state index contributed by atoms with van der Waals surface area (Å²) in [5, 5.41) is 3.53. The van der Waals surface area contributed by atoms with E-state index < -0.39 is 0 Å². The molecule has 1 atom stereocenters. The van der Waals surface area contributed by atoms with Crippen molar-refractivity contribution in [3.63, 3.8) is 0 Å². The summed E-state index contributed by atoms with van der Waals surface area (Å²) in [5.74, 6) is 0.733. The minimum absolute atomic E-state index is 0.546. The molecule has 0 aliphatic heterocycles. The van der Waals surface area contributed by atoms with Crippen LogP contribution in [0.5, 0.6) is 0 Å². The van der Waals surface area contributed by atoms with E-state index >= 15 is 0 Å². The van der Waals surface area contributed by atoms with Crippen molar-refractivity contribution in [2.75, 3.05) is 19.8 Å². The molecule has 114 valence electrons. The number of hydrogen-bond donors (Lipinski definition) is 1. The molecule has 0 amide bonds. The highest BCUT2D eigenvalue weighted by Gasteiger charge is 2.02. The predicted molar refractivity (Wildman–Crippen MR) is 87.2 cm³/mol. The maximum absolute atomic E-state index is 5.61. The number of hydrogen-bond acceptors (Lipinski definition) is 2. The van der Waals surface area contributed by atoms with Crippen LogP contribution in [0.2, 0.25) is 0 Å². The molecule has 20 heavy (non-hydrogen) atoms. The van der Waals surface area contributed by atoms with Crippen LogP contribution in [0.4, 0.5) is 0 Å². The molecule has 0 heterocycles. The standard InChI is InChI=1S/C18H31NO/c1-15(2)10-12-20-13-11-19-17(4)8-9-18-7-5-6-16(3)14-18/h5-7,14-15,17,19H,8-13H2,1-4H3. The molecule has 0 fully saturated rings. The van der Waals surface area contributed by atoms with Gasteiger partial charge in [-0.25, -0.2) is 0 Å². The molecule has 0 aliphatic rings. The SMILES string of the molecule is Cc1cccc(CCC(C)NCCOCCC(C)C)c1. The molecular formula is C18H31NO. The average Bonchev–Trinajstić information content (AvgIpc) is 2.40.